The average Bonchev–Trinajstić information content (AvgIpc) is 2.40. The van der Waals surface area contributed by atoms with Gasteiger partial charge in [-0.25, -0.2) is 0 Å². The Morgan fingerprint density at radius 3 is 2.47 bits per heavy atom. The van der Waals surface area contributed by atoms with Crippen LogP contribution < -0.4 is 10.5 Å². The number of hydrogen-bond acceptors (Lipinski definition) is 2. The molecule has 0 saturated heterocycles. The van der Waals surface area contributed by atoms with E-state index >= 15 is 0 Å². The van der Waals surface area contributed by atoms with Crippen LogP contribution in [0.2, 0.25) is 5.02 Å². The molecule has 0 amide bonds. The predicted molar refractivity (Wildman–Crippen MR) is 80.0 cm³/mol. The van der Waals surface area contributed by atoms with Gasteiger partial charge < -0.3 is 10.5 Å². The van der Waals surface area contributed by atoms with Crippen molar-refractivity contribution in [2.45, 2.75) is 19.9 Å². The molecule has 2 aromatic rings. The zero-order valence-electron chi connectivity index (χ0n) is 11.4. The van der Waals surface area contributed by atoms with Gasteiger partial charge in [-0.1, -0.05) is 29.8 Å². The Morgan fingerprint density at radius 2 is 1.84 bits per heavy atom. The van der Waals surface area contributed by atoms with Crippen LogP contribution in [0.1, 0.15) is 28.3 Å². The molecule has 19 heavy (non-hydrogen) atoms. The van der Waals surface area contributed by atoms with E-state index in [0.29, 0.717) is 5.02 Å². The van der Waals surface area contributed by atoms with E-state index in [-0.39, 0.29) is 6.04 Å². The number of methoxy groups -OCH3 is 1. The van der Waals surface area contributed by atoms with E-state index in [9.17, 15) is 0 Å². The molecule has 0 aliphatic rings. The summed E-state index contributed by atoms with van der Waals surface area (Å²) in [6.45, 7) is 4.06. The summed E-state index contributed by atoms with van der Waals surface area (Å²) in [6, 6.07) is 11.6. The minimum absolute atomic E-state index is 0.177. The molecule has 0 radical (unpaired) electrons. The number of hydrogen-bond donors (Lipinski definition) is 1. The first-order valence-electron chi connectivity index (χ1n) is 6.19. The molecule has 0 saturated carbocycles. The molecule has 2 rings (SSSR count). The van der Waals surface area contributed by atoms with Gasteiger partial charge in [0.2, 0.25) is 0 Å². The topological polar surface area (TPSA) is 35.2 Å². The zero-order chi connectivity index (χ0) is 14.0. The Bertz CT molecular complexity index is 595. The van der Waals surface area contributed by atoms with Crippen LogP contribution in [0.15, 0.2) is 36.4 Å². The highest BCUT2D eigenvalue weighted by molar-refractivity contribution is 6.30. The van der Waals surface area contributed by atoms with Gasteiger partial charge in [0.1, 0.15) is 5.75 Å². The first-order valence-corrected chi connectivity index (χ1v) is 6.57. The van der Waals surface area contributed by atoms with Gasteiger partial charge in [0.05, 0.1) is 13.2 Å². The van der Waals surface area contributed by atoms with Crippen LogP contribution in [-0.4, -0.2) is 7.11 Å². The molecule has 1 unspecified atom stereocenters. The highest BCUT2D eigenvalue weighted by Gasteiger charge is 2.14. The molecule has 1 atom stereocenters. The van der Waals surface area contributed by atoms with Crippen molar-refractivity contribution in [3.63, 3.8) is 0 Å². The second-order valence-electron chi connectivity index (χ2n) is 4.71. The Kier molecular flexibility index (Phi) is 4.13. The molecule has 100 valence electrons. The molecule has 0 spiro atoms. The third-order valence-electron chi connectivity index (χ3n) is 3.33. The maximum Gasteiger partial charge on any atom is 0.122 e. The number of nitrogens with two attached hydrogens (primary N) is 1. The van der Waals surface area contributed by atoms with Gasteiger partial charge in [0.25, 0.3) is 0 Å². The monoisotopic (exact) mass is 275 g/mol. The summed E-state index contributed by atoms with van der Waals surface area (Å²) in [5.74, 6) is 0.888. The second kappa shape index (κ2) is 5.64. The van der Waals surface area contributed by atoms with Gasteiger partial charge in [-0.3, -0.25) is 0 Å². The molecule has 0 aliphatic heterocycles. The fourth-order valence-corrected chi connectivity index (χ4v) is 2.45. The molecule has 0 bridgehead atoms. The smallest absolute Gasteiger partial charge is 0.122 e. The lowest BCUT2D eigenvalue weighted by molar-refractivity contribution is 0.411. The first-order chi connectivity index (χ1) is 9.02. The number of halogens is 1. The summed E-state index contributed by atoms with van der Waals surface area (Å²) < 4.78 is 5.32. The molecule has 2 aromatic carbocycles. The van der Waals surface area contributed by atoms with Gasteiger partial charge in [-0.15, -0.1) is 0 Å². The summed E-state index contributed by atoms with van der Waals surface area (Å²) in [6.07, 6.45) is 0. The molecule has 0 aliphatic carbocycles. The van der Waals surface area contributed by atoms with Crippen molar-refractivity contribution < 1.29 is 4.74 Å². The summed E-state index contributed by atoms with van der Waals surface area (Å²) in [5.41, 5.74) is 10.7. The van der Waals surface area contributed by atoms with Crippen molar-refractivity contribution in [2.24, 2.45) is 5.73 Å². The molecule has 2 N–H and O–H groups in total. The van der Waals surface area contributed by atoms with Crippen LogP contribution in [0.25, 0.3) is 0 Å². The van der Waals surface area contributed by atoms with E-state index in [1.165, 1.54) is 0 Å². The predicted octanol–water partition coefficient (Wildman–Crippen LogP) is 4.01. The average molecular weight is 276 g/mol. The van der Waals surface area contributed by atoms with Crippen molar-refractivity contribution in [3.8, 4) is 5.75 Å². The van der Waals surface area contributed by atoms with E-state index in [1.54, 1.807) is 7.11 Å². The number of benzene rings is 2. The van der Waals surface area contributed by atoms with Gasteiger partial charge in [-0.05, 0) is 54.3 Å². The third kappa shape index (κ3) is 2.91. The lowest BCUT2D eigenvalue weighted by Gasteiger charge is -2.18. The summed E-state index contributed by atoms with van der Waals surface area (Å²) in [4.78, 5) is 0. The molecule has 3 heteroatoms. The van der Waals surface area contributed by atoms with Gasteiger partial charge in [-0.2, -0.15) is 0 Å². The molecule has 2 nitrogen and oxygen atoms in total. The highest BCUT2D eigenvalue weighted by atomic mass is 35.5. The molecular formula is C16H18ClNO. The Balaban J connectivity index is 2.44. The van der Waals surface area contributed by atoms with E-state index in [0.717, 1.165) is 28.0 Å². The number of rotatable bonds is 3. The Labute approximate surface area is 119 Å². The van der Waals surface area contributed by atoms with Crippen molar-refractivity contribution >= 4 is 11.6 Å². The van der Waals surface area contributed by atoms with Gasteiger partial charge >= 0.3 is 0 Å². The van der Waals surface area contributed by atoms with Crippen LogP contribution in [0.4, 0.5) is 0 Å². The summed E-state index contributed by atoms with van der Waals surface area (Å²) in [7, 11) is 1.68. The van der Waals surface area contributed by atoms with Crippen molar-refractivity contribution in [3.05, 3.63) is 63.7 Å². The summed E-state index contributed by atoms with van der Waals surface area (Å²) in [5, 5.41) is 0.704. The van der Waals surface area contributed by atoms with Gasteiger partial charge in [0, 0.05) is 5.02 Å². The van der Waals surface area contributed by atoms with Crippen LogP contribution in [0.5, 0.6) is 5.75 Å². The maximum absolute atomic E-state index is 6.35. The van der Waals surface area contributed by atoms with E-state index in [4.69, 9.17) is 22.1 Å². The minimum atomic E-state index is -0.177. The van der Waals surface area contributed by atoms with Crippen molar-refractivity contribution in [2.75, 3.05) is 7.11 Å². The fourth-order valence-electron chi connectivity index (χ4n) is 2.25. The minimum Gasteiger partial charge on any atom is -0.496 e. The standard InChI is InChI=1S/C16H18ClNO/c1-10-8-15(19-3)11(2)7-14(10)16(18)12-5-4-6-13(17)9-12/h4-9,16H,18H2,1-3H3. The Hall–Kier alpha value is -1.51. The first kappa shape index (κ1) is 13.9. The molecule has 0 heterocycles. The fraction of sp³-hybridized carbons (Fsp3) is 0.250. The van der Waals surface area contributed by atoms with Crippen LogP contribution in [0.3, 0.4) is 0 Å². The zero-order valence-corrected chi connectivity index (χ0v) is 12.2. The van der Waals surface area contributed by atoms with Gasteiger partial charge in [0.15, 0.2) is 0 Å². The number of ether oxygens (including phenoxy) is 1. The largest absolute Gasteiger partial charge is 0.496 e. The molecule has 0 aromatic heterocycles. The van der Waals surface area contributed by atoms with E-state index in [1.807, 2.05) is 44.2 Å². The van der Waals surface area contributed by atoms with Crippen LogP contribution in [0, 0.1) is 13.8 Å². The van der Waals surface area contributed by atoms with Crippen molar-refractivity contribution in [1.29, 1.82) is 0 Å². The van der Waals surface area contributed by atoms with Crippen LogP contribution in [-0.2, 0) is 0 Å². The lowest BCUT2D eigenvalue weighted by Crippen LogP contribution is -2.13. The SMILES string of the molecule is COc1cc(C)c(C(N)c2cccc(Cl)c2)cc1C. The normalized spacial score (nSPS) is 12.3. The van der Waals surface area contributed by atoms with E-state index in [2.05, 4.69) is 6.07 Å². The highest BCUT2D eigenvalue weighted by Crippen LogP contribution is 2.29. The third-order valence-corrected chi connectivity index (χ3v) is 3.56. The van der Waals surface area contributed by atoms with Crippen molar-refractivity contribution in [1.82, 2.24) is 0 Å². The molecule has 0 fully saturated rings. The quantitative estimate of drug-likeness (QED) is 0.918. The van der Waals surface area contributed by atoms with E-state index < -0.39 is 0 Å². The number of aryl methyl sites for hydroxylation is 2. The molecular weight excluding hydrogens is 258 g/mol. The van der Waals surface area contributed by atoms with Crippen LogP contribution >= 0.6 is 11.6 Å². The summed E-state index contributed by atoms with van der Waals surface area (Å²) >= 11 is 6.02. The Morgan fingerprint density at radius 1 is 1.11 bits per heavy atom. The lowest BCUT2D eigenvalue weighted by atomic mass is 9.94. The second-order valence-corrected chi connectivity index (χ2v) is 5.15. The maximum atomic E-state index is 6.35.